The van der Waals surface area contributed by atoms with Crippen molar-refractivity contribution in [3.63, 3.8) is 0 Å². The van der Waals surface area contributed by atoms with Crippen LogP contribution in [0.2, 0.25) is 0 Å². The van der Waals surface area contributed by atoms with E-state index >= 15 is 0 Å². The summed E-state index contributed by atoms with van der Waals surface area (Å²) >= 11 is 1.11. The van der Waals surface area contributed by atoms with E-state index in [-0.39, 0.29) is 5.01 Å². The molecule has 0 atom stereocenters. The summed E-state index contributed by atoms with van der Waals surface area (Å²) in [5.41, 5.74) is 0.657. The molecule has 1 aromatic carbocycles. The molecule has 0 aliphatic rings. The van der Waals surface area contributed by atoms with Crippen LogP contribution in [0.5, 0.6) is 0 Å². The highest BCUT2D eigenvalue weighted by atomic mass is 32.1. The Morgan fingerprint density at radius 3 is 3.23 bits per heavy atom. The van der Waals surface area contributed by atoms with Gasteiger partial charge in [-0.05, 0) is 12.1 Å². The molecular formula is C9H7NO2S. The number of hydrogen-bond donors (Lipinski definition) is 0. The van der Waals surface area contributed by atoms with Gasteiger partial charge in [0.2, 0.25) is 5.01 Å². The lowest BCUT2D eigenvalue weighted by molar-refractivity contribution is 0.0600. The molecule has 0 radical (unpaired) electrons. The van der Waals surface area contributed by atoms with Gasteiger partial charge in [0.15, 0.2) is 0 Å². The lowest BCUT2D eigenvalue weighted by Crippen LogP contribution is -1.99. The zero-order chi connectivity index (χ0) is 11.8. The number of esters is 1. The number of aromatic nitrogens is 1. The molecular weight excluding hydrogens is 186 g/mol. The van der Waals surface area contributed by atoms with E-state index < -0.39 is 13.0 Å². The molecule has 3 nitrogen and oxygen atoms in total. The molecule has 0 spiro atoms. The van der Waals surface area contributed by atoms with Crippen LogP contribution in [0.3, 0.4) is 0 Å². The van der Waals surface area contributed by atoms with Gasteiger partial charge in [-0.2, -0.15) is 0 Å². The summed E-state index contributed by atoms with van der Waals surface area (Å²) in [6.07, 6.45) is 0. The Morgan fingerprint density at radius 1 is 1.62 bits per heavy atom. The second kappa shape index (κ2) is 3.14. The Labute approximate surface area is 83.2 Å². The maximum atomic E-state index is 11.4. The molecule has 0 saturated carbocycles. The first-order valence-corrected chi connectivity index (χ1v) is 4.36. The number of fused-ring (bicyclic) bond motifs is 1. The molecule has 0 N–H and O–H groups in total. The van der Waals surface area contributed by atoms with Crippen molar-refractivity contribution < 1.29 is 13.6 Å². The van der Waals surface area contributed by atoms with Crippen LogP contribution in [0.25, 0.3) is 10.2 Å². The summed E-state index contributed by atoms with van der Waals surface area (Å²) in [6.45, 7) is 0. The lowest BCUT2D eigenvalue weighted by atomic mass is 10.3. The molecule has 0 unspecified atom stereocenters. The van der Waals surface area contributed by atoms with Gasteiger partial charge in [0.25, 0.3) is 0 Å². The SMILES string of the molecule is [2H]C([2H])([2H])OC(=O)c1nc2ccccc2s1. The van der Waals surface area contributed by atoms with Crippen molar-refractivity contribution in [3.8, 4) is 0 Å². The third kappa shape index (κ3) is 1.40. The van der Waals surface area contributed by atoms with E-state index in [4.69, 9.17) is 4.11 Å². The second-order valence-electron chi connectivity index (χ2n) is 2.38. The summed E-state index contributed by atoms with van der Waals surface area (Å²) in [6, 6.07) is 7.16. The van der Waals surface area contributed by atoms with Crippen LogP contribution >= 0.6 is 11.3 Å². The third-order valence-electron chi connectivity index (χ3n) is 1.56. The quantitative estimate of drug-likeness (QED) is 0.655. The van der Waals surface area contributed by atoms with Gasteiger partial charge >= 0.3 is 5.97 Å². The first-order valence-electron chi connectivity index (χ1n) is 5.05. The summed E-state index contributed by atoms with van der Waals surface area (Å²) in [5, 5.41) is 0.0531. The van der Waals surface area contributed by atoms with E-state index in [9.17, 15) is 4.79 Å². The lowest BCUT2D eigenvalue weighted by Gasteiger charge is -1.89. The fourth-order valence-corrected chi connectivity index (χ4v) is 1.85. The van der Waals surface area contributed by atoms with Crippen LogP contribution in [0.1, 0.15) is 13.9 Å². The number of ether oxygens (including phenoxy) is 1. The number of hydrogen-bond acceptors (Lipinski definition) is 4. The minimum absolute atomic E-state index is 0.0531. The van der Waals surface area contributed by atoms with Crippen LogP contribution in [-0.2, 0) is 4.74 Å². The van der Waals surface area contributed by atoms with Crippen molar-refractivity contribution in [2.45, 2.75) is 0 Å². The fraction of sp³-hybridized carbons (Fsp3) is 0.111. The van der Waals surface area contributed by atoms with Crippen LogP contribution in [0.15, 0.2) is 24.3 Å². The van der Waals surface area contributed by atoms with Gasteiger partial charge < -0.3 is 4.74 Å². The van der Waals surface area contributed by atoms with Gasteiger partial charge in [0.1, 0.15) is 0 Å². The van der Waals surface area contributed by atoms with E-state index in [2.05, 4.69) is 9.72 Å². The molecule has 1 aromatic heterocycles. The normalized spacial score (nSPS) is 14.6. The Bertz CT molecular complexity index is 502. The van der Waals surface area contributed by atoms with Crippen LogP contribution < -0.4 is 0 Å². The number of carbonyl (C=O) groups is 1. The maximum Gasteiger partial charge on any atom is 0.367 e. The molecule has 0 aliphatic heterocycles. The van der Waals surface area contributed by atoms with Crippen LogP contribution in [0, 0.1) is 0 Å². The average molecular weight is 196 g/mol. The van der Waals surface area contributed by atoms with Gasteiger partial charge in [0.05, 0.1) is 21.4 Å². The smallest absolute Gasteiger partial charge is 0.367 e. The minimum Gasteiger partial charge on any atom is -0.464 e. The van der Waals surface area contributed by atoms with E-state index in [0.717, 1.165) is 16.0 Å². The van der Waals surface area contributed by atoms with Crippen LogP contribution in [0.4, 0.5) is 0 Å². The zero-order valence-electron chi connectivity index (χ0n) is 9.48. The highest BCUT2D eigenvalue weighted by Crippen LogP contribution is 2.21. The summed E-state index contributed by atoms with van der Waals surface area (Å²) < 4.78 is 25.5. The van der Waals surface area contributed by atoms with E-state index in [0.29, 0.717) is 5.52 Å². The topological polar surface area (TPSA) is 39.2 Å². The van der Waals surface area contributed by atoms with Crippen molar-refractivity contribution in [2.24, 2.45) is 0 Å². The number of carbonyl (C=O) groups excluding carboxylic acids is 1. The van der Waals surface area contributed by atoms with Crippen molar-refractivity contribution in [1.82, 2.24) is 4.98 Å². The highest BCUT2D eigenvalue weighted by molar-refractivity contribution is 7.20. The van der Waals surface area contributed by atoms with Gasteiger partial charge in [0, 0.05) is 0 Å². The zero-order valence-corrected chi connectivity index (χ0v) is 7.30. The molecule has 13 heavy (non-hydrogen) atoms. The molecule has 0 fully saturated rings. The van der Waals surface area contributed by atoms with Crippen LogP contribution in [-0.4, -0.2) is 18.0 Å². The Hall–Kier alpha value is -1.42. The minimum atomic E-state index is -2.73. The molecule has 4 heteroatoms. The second-order valence-corrected chi connectivity index (χ2v) is 3.41. The molecule has 0 amide bonds. The molecule has 66 valence electrons. The summed E-state index contributed by atoms with van der Waals surface area (Å²) in [7, 11) is -2.73. The van der Waals surface area contributed by atoms with Crippen molar-refractivity contribution >= 4 is 27.5 Å². The standard InChI is InChI=1S/C9H7NO2S/c1-12-9(11)8-10-6-4-2-3-5-7(6)13-8/h2-5H,1H3/i1D3. The first kappa shape index (κ1) is 5.34. The Balaban J connectivity index is 2.30. The average Bonchev–Trinajstić information content (AvgIpc) is 2.58. The van der Waals surface area contributed by atoms with Gasteiger partial charge in [-0.3, -0.25) is 0 Å². The summed E-state index contributed by atoms with van der Waals surface area (Å²) in [4.78, 5) is 15.4. The Morgan fingerprint density at radius 2 is 2.46 bits per heavy atom. The molecule has 1 heterocycles. The van der Waals surface area contributed by atoms with E-state index in [1.807, 2.05) is 6.07 Å². The van der Waals surface area contributed by atoms with Gasteiger partial charge in [-0.15, -0.1) is 11.3 Å². The number of para-hydroxylation sites is 1. The molecule has 0 aliphatic carbocycles. The summed E-state index contributed by atoms with van der Waals surface area (Å²) in [5.74, 6) is -0.916. The van der Waals surface area contributed by atoms with Crippen molar-refractivity contribution in [3.05, 3.63) is 29.3 Å². The van der Waals surface area contributed by atoms with Gasteiger partial charge in [-0.25, -0.2) is 9.78 Å². The fourth-order valence-electron chi connectivity index (χ4n) is 1.00. The van der Waals surface area contributed by atoms with Crippen molar-refractivity contribution in [1.29, 1.82) is 0 Å². The first-order chi connectivity index (χ1) is 7.46. The highest BCUT2D eigenvalue weighted by Gasteiger charge is 2.10. The van der Waals surface area contributed by atoms with E-state index in [1.165, 1.54) is 0 Å². The largest absolute Gasteiger partial charge is 0.464 e. The number of methoxy groups -OCH3 is 1. The molecule has 2 aromatic rings. The molecule has 0 bridgehead atoms. The monoisotopic (exact) mass is 196 g/mol. The molecule has 2 rings (SSSR count). The number of thiazole rings is 1. The van der Waals surface area contributed by atoms with Crippen molar-refractivity contribution in [2.75, 3.05) is 7.04 Å². The predicted molar refractivity (Wildman–Crippen MR) is 51.0 cm³/mol. The third-order valence-corrected chi connectivity index (χ3v) is 2.58. The van der Waals surface area contributed by atoms with E-state index in [1.54, 1.807) is 18.2 Å². The molecule has 0 saturated heterocycles. The number of rotatable bonds is 1. The number of nitrogens with zero attached hydrogens (tertiary/aromatic N) is 1. The predicted octanol–water partition coefficient (Wildman–Crippen LogP) is 2.08. The Kier molecular flexibility index (Phi) is 1.29. The maximum absolute atomic E-state index is 11.4. The number of benzene rings is 1. The van der Waals surface area contributed by atoms with Gasteiger partial charge in [-0.1, -0.05) is 12.1 Å².